The first-order valence-corrected chi connectivity index (χ1v) is 14.7. The zero-order valence-corrected chi connectivity index (χ0v) is 23.9. The second kappa shape index (κ2) is 9.46. The molecule has 0 spiro atoms. The maximum Gasteiger partial charge on any atom is 0.0387 e. The molecule has 0 unspecified atom stereocenters. The van der Waals surface area contributed by atoms with Gasteiger partial charge in [-0.1, -0.05) is 117 Å². The van der Waals surface area contributed by atoms with E-state index in [1.165, 1.54) is 66.1 Å². The largest absolute Gasteiger partial charge is 0.356 e. The van der Waals surface area contributed by atoms with Gasteiger partial charge in [0.05, 0.1) is 0 Å². The van der Waals surface area contributed by atoms with Gasteiger partial charge in [-0.15, -0.1) is 0 Å². The summed E-state index contributed by atoms with van der Waals surface area (Å²) in [6, 6.07) is 53.1. The predicted molar refractivity (Wildman–Crippen MR) is 180 cm³/mol. The summed E-state index contributed by atoms with van der Waals surface area (Å²) in [5.74, 6) is 0. The summed E-state index contributed by atoms with van der Waals surface area (Å²) in [6.45, 7) is 4.65. The maximum absolute atomic E-state index is 3.64. The Morgan fingerprint density at radius 2 is 0.905 bits per heavy atom. The van der Waals surface area contributed by atoms with Crippen molar-refractivity contribution in [1.29, 1.82) is 0 Å². The van der Waals surface area contributed by atoms with Crippen LogP contribution in [-0.2, 0) is 5.41 Å². The number of benzene rings is 7. The Morgan fingerprint density at radius 1 is 0.381 bits per heavy atom. The molecule has 7 aromatic rings. The van der Waals surface area contributed by atoms with Crippen LogP contribution in [0.3, 0.4) is 0 Å². The fraction of sp³-hybridized carbons (Fsp3) is 0.0732. The van der Waals surface area contributed by atoms with Crippen LogP contribution in [0.5, 0.6) is 0 Å². The molecule has 0 radical (unpaired) electrons. The molecule has 0 atom stereocenters. The van der Waals surface area contributed by atoms with Gasteiger partial charge in [-0.3, -0.25) is 0 Å². The third-order valence-electron chi connectivity index (χ3n) is 9.01. The molecule has 0 saturated heterocycles. The van der Waals surface area contributed by atoms with Crippen molar-refractivity contribution in [1.82, 2.24) is 0 Å². The molecule has 1 aliphatic carbocycles. The molecule has 42 heavy (non-hydrogen) atoms. The van der Waals surface area contributed by atoms with E-state index in [4.69, 9.17) is 0 Å². The minimum absolute atomic E-state index is 0.00226. The highest BCUT2D eigenvalue weighted by Gasteiger charge is 2.35. The van der Waals surface area contributed by atoms with Crippen LogP contribution in [0, 0.1) is 0 Å². The van der Waals surface area contributed by atoms with Crippen molar-refractivity contribution >= 4 is 32.9 Å². The van der Waals surface area contributed by atoms with Crippen LogP contribution in [0.15, 0.2) is 146 Å². The average molecular weight is 538 g/mol. The van der Waals surface area contributed by atoms with E-state index in [1.54, 1.807) is 0 Å². The van der Waals surface area contributed by atoms with Gasteiger partial charge in [-0.2, -0.15) is 0 Å². The summed E-state index contributed by atoms with van der Waals surface area (Å²) in [5.41, 5.74) is 12.6. The molecule has 0 bridgehead atoms. The molecule has 0 aliphatic heterocycles. The van der Waals surface area contributed by atoms with E-state index in [0.29, 0.717) is 0 Å². The summed E-state index contributed by atoms with van der Waals surface area (Å²) in [5, 5.41) is 8.69. The second-order valence-electron chi connectivity index (χ2n) is 12.0. The van der Waals surface area contributed by atoms with Gasteiger partial charge < -0.3 is 5.32 Å². The number of nitrogens with one attached hydrogen (secondary N) is 1. The Hall–Kier alpha value is -5.14. The fourth-order valence-corrected chi connectivity index (χ4v) is 6.67. The van der Waals surface area contributed by atoms with E-state index < -0.39 is 0 Å². The standard InChI is InChI=1S/C41H31N/c1-41(2)39-10-6-5-9-37(39)38-22-21-36(26-40(38)41)42-35-19-17-28(18-20-35)31-14-12-29-13-16-33(25-34(29)24-31)32-15-11-27-7-3-4-8-30(27)23-32/h3-26,42H,1-2H3. The topological polar surface area (TPSA) is 12.0 Å². The van der Waals surface area contributed by atoms with Gasteiger partial charge in [0.1, 0.15) is 0 Å². The van der Waals surface area contributed by atoms with Crippen LogP contribution < -0.4 is 5.32 Å². The molecule has 0 aromatic heterocycles. The van der Waals surface area contributed by atoms with E-state index in [-0.39, 0.29) is 5.41 Å². The number of rotatable bonds is 4. The van der Waals surface area contributed by atoms with Crippen molar-refractivity contribution in [2.24, 2.45) is 0 Å². The fourth-order valence-electron chi connectivity index (χ4n) is 6.67. The Kier molecular flexibility index (Phi) is 5.55. The molecule has 0 fully saturated rings. The Morgan fingerprint density at radius 3 is 1.64 bits per heavy atom. The molecule has 8 rings (SSSR count). The van der Waals surface area contributed by atoms with E-state index >= 15 is 0 Å². The quantitative estimate of drug-likeness (QED) is 0.235. The molecule has 200 valence electrons. The maximum atomic E-state index is 3.64. The van der Waals surface area contributed by atoms with Crippen LogP contribution in [0.25, 0.3) is 54.9 Å². The van der Waals surface area contributed by atoms with Crippen LogP contribution in [0.2, 0.25) is 0 Å². The Balaban J connectivity index is 1.06. The van der Waals surface area contributed by atoms with Crippen molar-refractivity contribution in [3.8, 4) is 33.4 Å². The minimum Gasteiger partial charge on any atom is -0.356 e. The summed E-state index contributed by atoms with van der Waals surface area (Å²) in [4.78, 5) is 0. The number of fused-ring (bicyclic) bond motifs is 5. The van der Waals surface area contributed by atoms with Gasteiger partial charge >= 0.3 is 0 Å². The first-order valence-electron chi connectivity index (χ1n) is 14.7. The SMILES string of the molecule is CC1(C)c2ccccc2-c2ccc(Nc3ccc(-c4ccc5ccc(-c6ccc7ccccc7c6)cc5c4)cc3)cc21. The molecule has 0 amide bonds. The van der Waals surface area contributed by atoms with Gasteiger partial charge in [0.25, 0.3) is 0 Å². The van der Waals surface area contributed by atoms with Crippen molar-refractivity contribution in [3.63, 3.8) is 0 Å². The van der Waals surface area contributed by atoms with Crippen molar-refractivity contribution in [2.45, 2.75) is 19.3 Å². The average Bonchev–Trinajstić information content (AvgIpc) is 3.26. The van der Waals surface area contributed by atoms with E-state index in [9.17, 15) is 0 Å². The smallest absolute Gasteiger partial charge is 0.0387 e. The summed E-state index contributed by atoms with van der Waals surface area (Å²) >= 11 is 0. The van der Waals surface area contributed by atoms with E-state index in [2.05, 4.69) is 165 Å². The molecule has 1 heteroatoms. The summed E-state index contributed by atoms with van der Waals surface area (Å²) in [6.07, 6.45) is 0. The van der Waals surface area contributed by atoms with Crippen LogP contribution in [-0.4, -0.2) is 0 Å². The van der Waals surface area contributed by atoms with Gasteiger partial charge in [0.2, 0.25) is 0 Å². The number of hydrogen-bond acceptors (Lipinski definition) is 1. The highest BCUT2D eigenvalue weighted by molar-refractivity contribution is 5.93. The van der Waals surface area contributed by atoms with Gasteiger partial charge in [0, 0.05) is 16.8 Å². The summed E-state index contributed by atoms with van der Waals surface area (Å²) in [7, 11) is 0. The third kappa shape index (κ3) is 4.09. The zero-order chi connectivity index (χ0) is 28.3. The molecule has 0 saturated carbocycles. The Labute approximate surface area is 247 Å². The lowest BCUT2D eigenvalue weighted by Gasteiger charge is -2.22. The Bertz CT molecular complexity index is 2130. The highest BCUT2D eigenvalue weighted by Crippen LogP contribution is 2.49. The highest BCUT2D eigenvalue weighted by atomic mass is 14.9. The normalized spacial score (nSPS) is 13.2. The lowest BCUT2D eigenvalue weighted by atomic mass is 9.82. The monoisotopic (exact) mass is 537 g/mol. The molecule has 1 N–H and O–H groups in total. The molecule has 0 heterocycles. The molecule has 1 nitrogen and oxygen atoms in total. The lowest BCUT2D eigenvalue weighted by Crippen LogP contribution is -2.15. The van der Waals surface area contributed by atoms with E-state index in [1.807, 2.05) is 0 Å². The molecule has 7 aromatic carbocycles. The van der Waals surface area contributed by atoms with E-state index in [0.717, 1.165) is 11.4 Å². The van der Waals surface area contributed by atoms with Crippen LogP contribution in [0.1, 0.15) is 25.0 Å². The third-order valence-corrected chi connectivity index (χ3v) is 9.01. The number of hydrogen-bond donors (Lipinski definition) is 1. The lowest BCUT2D eigenvalue weighted by molar-refractivity contribution is 0.660. The minimum atomic E-state index is -0.00226. The van der Waals surface area contributed by atoms with Crippen molar-refractivity contribution < 1.29 is 0 Å². The first kappa shape index (κ1) is 24.6. The summed E-state index contributed by atoms with van der Waals surface area (Å²) < 4.78 is 0. The van der Waals surface area contributed by atoms with Crippen LogP contribution >= 0.6 is 0 Å². The predicted octanol–water partition coefficient (Wildman–Crippen LogP) is 11.4. The van der Waals surface area contributed by atoms with Gasteiger partial charge in [-0.05, 0) is 109 Å². The van der Waals surface area contributed by atoms with Gasteiger partial charge in [-0.25, -0.2) is 0 Å². The van der Waals surface area contributed by atoms with Crippen molar-refractivity contribution in [2.75, 3.05) is 5.32 Å². The second-order valence-corrected chi connectivity index (χ2v) is 12.0. The molecular weight excluding hydrogens is 506 g/mol. The molecule has 1 aliphatic rings. The van der Waals surface area contributed by atoms with Crippen molar-refractivity contribution in [3.05, 3.63) is 157 Å². The zero-order valence-electron chi connectivity index (χ0n) is 23.9. The molecular formula is C41H31N. The first-order chi connectivity index (χ1) is 20.5. The van der Waals surface area contributed by atoms with Gasteiger partial charge in [0.15, 0.2) is 0 Å². The number of anilines is 2. The van der Waals surface area contributed by atoms with Crippen LogP contribution in [0.4, 0.5) is 11.4 Å².